The SMILES string of the molecule is CC(C(=O)O)C1CN(S(=O)(=O)CC2CC(F)(F)C2)C1. The van der Waals surface area contributed by atoms with E-state index in [1.165, 1.54) is 4.31 Å². The number of nitrogens with zero attached hydrogens (tertiary/aromatic N) is 1. The molecule has 1 heterocycles. The Morgan fingerprint density at radius 1 is 1.42 bits per heavy atom. The van der Waals surface area contributed by atoms with E-state index in [0.29, 0.717) is 0 Å². The molecule has 0 spiro atoms. The molecule has 2 fully saturated rings. The molecular weight excluding hydrogens is 280 g/mol. The fourth-order valence-electron chi connectivity index (χ4n) is 2.52. The fourth-order valence-corrected chi connectivity index (χ4v) is 4.40. The first kappa shape index (κ1) is 14.6. The summed E-state index contributed by atoms with van der Waals surface area (Å²) in [6, 6.07) is 0. The molecule has 0 aromatic rings. The van der Waals surface area contributed by atoms with Gasteiger partial charge in [0.2, 0.25) is 15.9 Å². The van der Waals surface area contributed by atoms with Gasteiger partial charge in [0.15, 0.2) is 0 Å². The number of aliphatic carboxylic acids is 1. The van der Waals surface area contributed by atoms with E-state index in [9.17, 15) is 22.0 Å². The van der Waals surface area contributed by atoms with Crippen LogP contribution in [-0.4, -0.2) is 48.6 Å². The lowest BCUT2D eigenvalue weighted by molar-refractivity contribution is -0.144. The largest absolute Gasteiger partial charge is 0.481 e. The standard InChI is InChI=1S/C11H17F2NO4S/c1-7(10(15)16)9-4-14(5-9)19(17,18)6-8-2-11(12,13)3-8/h7-9H,2-6H2,1H3,(H,15,16). The monoisotopic (exact) mass is 297 g/mol. The van der Waals surface area contributed by atoms with E-state index in [1.54, 1.807) is 6.92 Å². The highest BCUT2D eigenvalue weighted by Gasteiger charge is 2.49. The van der Waals surface area contributed by atoms with Crippen molar-refractivity contribution in [3.05, 3.63) is 0 Å². The molecule has 0 amide bonds. The van der Waals surface area contributed by atoms with Gasteiger partial charge in [0, 0.05) is 25.9 Å². The highest BCUT2D eigenvalue weighted by atomic mass is 32.2. The quantitative estimate of drug-likeness (QED) is 0.822. The highest BCUT2D eigenvalue weighted by Crippen LogP contribution is 2.43. The molecule has 1 aliphatic heterocycles. The second-order valence-electron chi connectivity index (χ2n) is 5.61. The predicted octanol–water partition coefficient (Wildman–Crippen LogP) is 1.01. The smallest absolute Gasteiger partial charge is 0.306 e. The molecule has 0 aromatic heterocycles. The van der Waals surface area contributed by atoms with Crippen LogP contribution in [0.1, 0.15) is 19.8 Å². The summed E-state index contributed by atoms with van der Waals surface area (Å²) in [5, 5.41) is 8.81. The molecule has 1 atom stereocenters. The summed E-state index contributed by atoms with van der Waals surface area (Å²) in [7, 11) is -3.52. The van der Waals surface area contributed by atoms with Gasteiger partial charge in [-0.1, -0.05) is 6.92 Å². The minimum Gasteiger partial charge on any atom is -0.481 e. The Kier molecular flexibility index (Phi) is 3.59. The average Bonchev–Trinajstić information content (AvgIpc) is 2.10. The molecular formula is C11H17F2NO4S. The van der Waals surface area contributed by atoms with Crippen LogP contribution >= 0.6 is 0 Å². The van der Waals surface area contributed by atoms with Crippen LogP contribution in [-0.2, 0) is 14.8 Å². The van der Waals surface area contributed by atoms with E-state index in [-0.39, 0.29) is 37.6 Å². The Morgan fingerprint density at radius 3 is 2.37 bits per heavy atom. The van der Waals surface area contributed by atoms with Crippen LogP contribution in [0.4, 0.5) is 8.78 Å². The van der Waals surface area contributed by atoms with Crippen LogP contribution in [0.3, 0.4) is 0 Å². The van der Waals surface area contributed by atoms with E-state index in [1.807, 2.05) is 0 Å². The number of alkyl halides is 2. The molecule has 0 radical (unpaired) electrons. The van der Waals surface area contributed by atoms with E-state index >= 15 is 0 Å². The molecule has 1 unspecified atom stereocenters. The molecule has 5 nitrogen and oxygen atoms in total. The van der Waals surface area contributed by atoms with Gasteiger partial charge in [-0.05, 0) is 11.8 Å². The zero-order chi connectivity index (χ0) is 14.4. The molecule has 1 saturated carbocycles. The highest BCUT2D eigenvalue weighted by molar-refractivity contribution is 7.89. The third-order valence-electron chi connectivity index (χ3n) is 3.99. The summed E-state index contributed by atoms with van der Waals surface area (Å²) in [5.41, 5.74) is 0. The minimum atomic E-state index is -3.52. The molecule has 110 valence electrons. The first-order valence-corrected chi connectivity index (χ1v) is 7.80. The number of carboxylic acid groups (broad SMARTS) is 1. The average molecular weight is 297 g/mol. The second kappa shape index (κ2) is 4.66. The molecule has 19 heavy (non-hydrogen) atoms. The van der Waals surface area contributed by atoms with Crippen LogP contribution < -0.4 is 0 Å². The molecule has 2 rings (SSSR count). The zero-order valence-corrected chi connectivity index (χ0v) is 11.4. The van der Waals surface area contributed by atoms with Gasteiger partial charge in [-0.2, -0.15) is 0 Å². The van der Waals surface area contributed by atoms with E-state index in [4.69, 9.17) is 5.11 Å². The number of hydrogen-bond acceptors (Lipinski definition) is 3. The lowest BCUT2D eigenvalue weighted by Crippen LogP contribution is -2.55. The number of sulfonamides is 1. The summed E-state index contributed by atoms with van der Waals surface area (Å²) in [6.45, 7) is 1.90. The third-order valence-corrected chi connectivity index (χ3v) is 5.96. The lowest BCUT2D eigenvalue weighted by Gasteiger charge is -2.42. The molecule has 0 aromatic carbocycles. The topological polar surface area (TPSA) is 74.7 Å². The van der Waals surface area contributed by atoms with Crippen LogP contribution in [0.5, 0.6) is 0 Å². The van der Waals surface area contributed by atoms with Crippen LogP contribution in [0, 0.1) is 17.8 Å². The van der Waals surface area contributed by atoms with Crippen molar-refractivity contribution < 1.29 is 27.1 Å². The van der Waals surface area contributed by atoms with Crippen LogP contribution in [0.15, 0.2) is 0 Å². The Bertz CT molecular complexity index is 465. The first-order chi connectivity index (χ1) is 8.61. The number of halogens is 2. The summed E-state index contributed by atoms with van der Waals surface area (Å²) in [4.78, 5) is 10.7. The fraction of sp³-hybridized carbons (Fsp3) is 0.909. The predicted molar refractivity (Wildman–Crippen MR) is 63.3 cm³/mol. The van der Waals surface area contributed by atoms with Gasteiger partial charge in [-0.25, -0.2) is 21.5 Å². The lowest BCUT2D eigenvalue weighted by atomic mass is 9.83. The van der Waals surface area contributed by atoms with Crippen molar-refractivity contribution >= 4 is 16.0 Å². The Balaban J connectivity index is 1.82. The van der Waals surface area contributed by atoms with E-state index in [2.05, 4.69) is 0 Å². The van der Waals surface area contributed by atoms with Crippen LogP contribution in [0.2, 0.25) is 0 Å². The van der Waals surface area contributed by atoms with Gasteiger partial charge >= 0.3 is 5.97 Å². The van der Waals surface area contributed by atoms with E-state index in [0.717, 1.165) is 0 Å². The maximum absolute atomic E-state index is 12.6. The maximum atomic E-state index is 12.6. The number of carboxylic acids is 1. The second-order valence-corrected chi connectivity index (χ2v) is 7.63. The minimum absolute atomic E-state index is 0.179. The van der Waals surface area contributed by atoms with Crippen molar-refractivity contribution in [1.82, 2.24) is 4.31 Å². The summed E-state index contributed by atoms with van der Waals surface area (Å²) in [6.07, 6.45) is -0.732. The molecule has 1 aliphatic carbocycles. The molecule has 1 N–H and O–H groups in total. The number of carbonyl (C=O) groups is 1. The molecule has 0 bridgehead atoms. The van der Waals surface area contributed by atoms with Crippen molar-refractivity contribution in [1.29, 1.82) is 0 Å². The van der Waals surface area contributed by atoms with Crippen LogP contribution in [0.25, 0.3) is 0 Å². The van der Waals surface area contributed by atoms with Crippen molar-refractivity contribution in [2.24, 2.45) is 17.8 Å². The Labute approximate surface area is 110 Å². The van der Waals surface area contributed by atoms with Gasteiger partial charge in [-0.15, -0.1) is 0 Å². The number of hydrogen-bond donors (Lipinski definition) is 1. The Hall–Kier alpha value is -0.760. The number of rotatable bonds is 5. The van der Waals surface area contributed by atoms with Gasteiger partial charge in [0.1, 0.15) is 0 Å². The van der Waals surface area contributed by atoms with Gasteiger partial charge in [0.25, 0.3) is 0 Å². The van der Waals surface area contributed by atoms with Gasteiger partial charge in [0.05, 0.1) is 11.7 Å². The summed E-state index contributed by atoms with van der Waals surface area (Å²) in [5.74, 6) is -5.15. The summed E-state index contributed by atoms with van der Waals surface area (Å²) < 4.78 is 50.3. The summed E-state index contributed by atoms with van der Waals surface area (Å²) >= 11 is 0. The zero-order valence-electron chi connectivity index (χ0n) is 10.6. The Morgan fingerprint density at radius 2 is 1.95 bits per heavy atom. The van der Waals surface area contributed by atoms with Crippen molar-refractivity contribution in [2.75, 3.05) is 18.8 Å². The van der Waals surface area contributed by atoms with Gasteiger partial charge < -0.3 is 5.11 Å². The normalized spacial score (nSPS) is 26.5. The van der Waals surface area contributed by atoms with Crippen molar-refractivity contribution in [3.63, 3.8) is 0 Å². The van der Waals surface area contributed by atoms with E-state index < -0.39 is 33.8 Å². The molecule has 1 saturated heterocycles. The molecule has 2 aliphatic rings. The van der Waals surface area contributed by atoms with Crippen molar-refractivity contribution in [3.8, 4) is 0 Å². The maximum Gasteiger partial charge on any atom is 0.306 e. The van der Waals surface area contributed by atoms with Crippen molar-refractivity contribution in [2.45, 2.75) is 25.7 Å². The van der Waals surface area contributed by atoms with Gasteiger partial charge in [-0.3, -0.25) is 4.79 Å². The molecule has 8 heteroatoms. The first-order valence-electron chi connectivity index (χ1n) is 6.19. The third kappa shape index (κ3) is 3.05.